The van der Waals surface area contributed by atoms with Crippen LogP contribution < -0.4 is 0 Å². The fourth-order valence-corrected chi connectivity index (χ4v) is 2.78. The molecule has 62 valence electrons. The smallest absolute Gasteiger partial charge is 0.0277 e. The SMILES string of the molecule is CSC(C)c1cc(C)sc1C. The van der Waals surface area contributed by atoms with Crippen LogP contribution in [-0.2, 0) is 0 Å². The third-order valence-corrected chi connectivity index (χ3v) is 3.81. The molecule has 0 bridgehead atoms. The standard InChI is InChI=1S/C9H14S2/c1-6-5-9(7(2)10-4)8(3)11-6/h5,7H,1-4H3. The van der Waals surface area contributed by atoms with Gasteiger partial charge in [-0.05, 0) is 38.7 Å². The molecule has 0 saturated heterocycles. The van der Waals surface area contributed by atoms with Crippen molar-refractivity contribution in [3.8, 4) is 0 Å². The van der Waals surface area contributed by atoms with Crippen molar-refractivity contribution in [2.45, 2.75) is 26.0 Å². The van der Waals surface area contributed by atoms with Crippen molar-refractivity contribution in [2.24, 2.45) is 0 Å². The molecule has 0 radical (unpaired) electrons. The summed E-state index contributed by atoms with van der Waals surface area (Å²) in [6.07, 6.45) is 2.16. The summed E-state index contributed by atoms with van der Waals surface area (Å²) in [6, 6.07) is 2.31. The third kappa shape index (κ3) is 2.00. The fourth-order valence-electron chi connectivity index (χ4n) is 1.18. The zero-order valence-corrected chi connectivity index (χ0v) is 9.10. The number of thioether (sulfide) groups is 1. The van der Waals surface area contributed by atoms with Crippen LogP contribution in [0.1, 0.15) is 27.5 Å². The van der Waals surface area contributed by atoms with Gasteiger partial charge in [0.15, 0.2) is 0 Å². The molecule has 1 rings (SSSR count). The molecule has 0 saturated carbocycles. The summed E-state index contributed by atoms with van der Waals surface area (Å²) in [7, 11) is 0. The molecule has 0 spiro atoms. The van der Waals surface area contributed by atoms with Crippen molar-refractivity contribution in [1.29, 1.82) is 0 Å². The summed E-state index contributed by atoms with van der Waals surface area (Å²) in [6.45, 7) is 6.65. The van der Waals surface area contributed by atoms with E-state index in [2.05, 4.69) is 33.1 Å². The molecule has 1 heterocycles. The van der Waals surface area contributed by atoms with Crippen LogP contribution >= 0.6 is 23.1 Å². The Morgan fingerprint density at radius 1 is 1.45 bits per heavy atom. The minimum absolute atomic E-state index is 0.653. The Balaban J connectivity index is 2.93. The molecular formula is C9H14S2. The van der Waals surface area contributed by atoms with E-state index in [1.54, 1.807) is 0 Å². The minimum atomic E-state index is 0.653. The van der Waals surface area contributed by atoms with Crippen molar-refractivity contribution >= 4 is 23.1 Å². The van der Waals surface area contributed by atoms with Gasteiger partial charge in [-0.2, -0.15) is 11.8 Å². The van der Waals surface area contributed by atoms with E-state index in [0.717, 1.165) is 0 Å². The van der Waals surface area contributed by atoms with Crippen LogP contribution in [-0.4, -0.2) is 6.26 Å². The lowest BCUT2D eigenvalue weighted by molar-refractivity contribution is 1.10. The Morgan fingerprint density at radius 3 is 2.45 bits per heavy atom. The first-order valence-corrected chi connectivity index (χ1v) is 5.85. The highest BCUT2D eigenvalue weighted by molar-refractivity contribution is 7.98. The molecule has 0 aliphatic rings. The van der Waals surface area contributed by atoms with Gasteiger partial charge in [0.25, 0.3) is 0 Å². The monoisotopic (exact) mass is 186 g/mol. The van der Waals surface area contributed by atoms with Crippen molar-refractivity contribution in [2.75, 3.05) is 6.26 Å². The summed E-state index contributed by atoms with van der Waals surface area (Å²) in [5, 5.41) is 0.653. The number of hydrogen-bond acceptors (Lipinski definition) is 2. The average Bonchev–Trinajstić information content (AvgIpc) is 2.28. The van der Waals surface area contributed by atoms with Crippen LogP contribution in [0.2, 0.25) is 0 Å². The maximum Gasteiger partial charge on any atom is 0.0277 e. The van der Waals surface area contributed by atoms with Gasteiger partial charge in [-0.25, -0.2) is 0 Å². The molecule has 0 N–H and O–H groups in total. The summed E-state index contributed by atoms with van der Waals surface area (Å²) in [5.74, 6) is 0. The predicted molar refractivity (Wildman–Crippen MR) is 55.7 cm³/mol. The Kier molecular flexibility index (Phi) is 3.02. The molecule has 0 aliphatic carbocycles. The Labute approximate surface area is 77.0 Å². The second-order valence-corrected chi connectivity index (χ2v) is 5.39. The Hall–Kier alpha value is 0.0500. The van der Waals surface area contributed by atoms with Gasteiger partial charge < -0.3 is 0 Å². The Bertz CT molecular complexity index is 238. The molecule has 0 aromatic carbocycles. The van der Waals surface area contributed by atoms with E-state index in [-0.39, 0.29) is 0 Å². The van der Waals surface area contributed by atoms with Crippen LogP contribution in [0.3, 0.4) is 0 Å². The molecule has 1 aromatic heterocycles. The molecule has 11 heavy (non-hydrogen) atoms. The lowest BCUT2D eigenvalue weighted by Gasteiger charge is -2.05. The van der Waals surface area contributed by atoms with Gasteiger partial charge in [0.1, 0.15) is 0 Å². The van der Waals surface area contributed by atoms with Gasteiger partial charge >= 0.3 is 0 Å². The van der Waals surface area contributed by atoms with Crippen LogP contribution in [0.4, 0.5) is 0 Å². The second kappa shape index (κ2) is 3.63. The highest BCUT2D eigenvalue weighted by atomic mass is 32.2. The summed E-state index contributed by atoms with van der Waals surface area (Å²) < 4.78 is 0. The van der Waals surface area contributed by atoms with Gasteiger partial charge in [0, 0.05) is 15.0 Å². The van der Waals surface area contributed by atoms with Crippen molar-refractivity contribution in [3.63, 3.8) is 0 Å². The van der Waals surface area contributed by atoms with E-state index in [1.165, 1.54) is 15.3 Å². The van der Waals surface area contributed by atoms with Gasteiger partial charge in [-0.1, -0.05) is 0 Å². The first-order chi connectivity index (χ1) is 5.15. The molecule has 2 heteroatoms. The number of hydrogen-bond donors (Lipinski definition) is 0. The quantitative estimate of drug-likeness (QED) is 0.677. The summed E-state index contributed by atoms with van der Waals surface area (Å²) >= 11 is 3.81. The van der Waals surface area contributed by atoms with Crippen LogP contribution in [0.15, 0.2) is 6.07 Å². The maximum atomic E-state index is 2.31. The van der Waals surface area contributed by atoms with Crippen molar-refractivity contribution < 1.29 is 0 Å². The number of thiophene rings is 1. The zero-order chi connectivity index (χ0) is 8.43. The van der Waals surface area contributed by atoms with E-state index in [0.29, 0.717) is 5.25 Å². The van der Waals surface area contributed by atoms with Gasteiger partial charge in [-0.15, -0.1) is 11.3 Å². The van der Waals surface area contributed by atoms with Gasteiger partial charge in [-0.3, -0.25) is 0 Å². The largest absolute Gasteiger partial charge is 0.157 e. The molecule has 1 aromatic rings. The number of aryl methyl sites for hydroxylation is 2. The first-order valence-electron chi connectivity index (χ1n) is 3.75. The normalized spacial score (nSPS) is 13.5. The molecule has 0 nitrogen and oxygen atoms in total. The van der Waals surface area contributed by atoms with Gasteiger partial charge in [0.2, 0.25) is 0 Å². The molecule has 1 unspecified atom stereocenters. The topological polar surface area (TPSA) is 0 Å². The molecular weight excluding hydrogens is 172 g/mol. The van der Waals surface area contributed by atoms with E-state index < -0.39 is 0 Å². The molecule has 0 amide bonds. The lowest BCUT2D eigenvalue weighted by atomic mass is 10.2. The van der Waals surface area contributed by atoms with Crippen molar-refractivity contribution in [1.82, 2.24) is 0 Å². The van der Waals surface area contributed by atoms with E-state index in [9.17, 15) is 0 Å². The third-order valence-electron chi connectivity index (χ3n) is 1.87. The summed E-state index contributed by atoms with van der Waals surface area (Å²) in [5.41, 5.74) is 1.51. The molecule has 1 atom stereocenters. The highest BCUT2D eigenvalue weighted by Gasteiger charge is 2.08. The Morgan fingerprint density at radius 2 is 2.09 bits per heavy atom. The predicted octanol–water partition coefficient (Wildman–Crippen LogP) is 3.79. The van der Waals surface area contributed by atoms with Gasteiger partial charge in [0.05, 0.1) is 0 Å². The lowest BCUT2D eigenvalue weighted by Crippen LogP contribution is -1.85. The number of rotatable bonds is 2. The molecule has 0 fully saturated rings. The van der Waals surface area contributed by atoms with Crippen molar-refractivity contribution in [3.05, 3.63) is 21.4 Å². The maximum absolute atomic E-state index is 2.31. The zero-order valence-electron chi connectivity index (χ0n) is 7.47. The average molecular weight is 186 g/mol. The summed E-state index contributed by atoms with van der Waals surface area (Å²) in [4.78, 5) is 2.91. The second-order valence-electron chi connectivity index (χ2n) is 2.75. The first kappa shape index (κ1) is 9.14. The minimum Gasteiger partial charge on any atom is -0.157 e. The van der Waals surface area contributed by atoms with Crippen LogP contribution in [0.25, 0.3) is 0 Å². The highest BCUT2D eigenvalue weighted by Crippen LogP contribution is 2.32. The van der Waals surface area contributed by atoms with Crippen LogP contribution in [0, 0.1) is 13.8 Å². The fraction of sp³-hybridized carbons (Fsp3) is 0.556. The van der Waals surface area contributed by atoms with Crippen LogP contribution in [0.5, 0.6) is 0 Å². The molecule has 0 aliphatic heterocycles. The van der Waals surface area contributed by atoms with E-state index >= 15 is 0 Å². The van der Waals surface area contributed by atoms with E-state index in [1.807, 2.05) is 23.1 Å². The van der Waals surface area contributed by atoms with E-state index in [4.69, 9.17) is 0 Å².